The zero-order valence-electron chi connectivity index (χ0n) is 11.7. The molecule has 1 atom stereocenters. The lowest BCUT2D eigenvalue weighted by Crippen LogP contribution is -2.76. The maximum Gasteiger partial charge on any atom is 0.460 e. The molecule has 0 aromatic rings. The second-order valence-corrected chi connectivity index (χ2v) is 4.79. The van der Waals surface area contributed by atoms with E-state index in [1.807, 2.05) is 0 Å². The predicted molar refractivity (Wildman–Crippen MR) is 46.8 cm³/mol. The van der Waals surface area contributed by atoms with Gasteiger partial charge in [0.2, 0.25) is 5.78 Å². The molecule has 0 radical (unpaired) electrons. The van der Waals surface area contributed by atoms with E-state index in [9.17, 15) is 83.8 Å². The number of carbonyl (C=O) groups excluding carboxylic acids is 1. The third-order valence-electron chi connectivity index (χ3n) is 2.98. The van der Waals surface area contributed by atoms with E-state index in [4.69, 9.17) is 0 Å². The van der Waals surface area contributed by atoms with E-state index in [1.165, 1.54) is 0 Å². The Bertz CT molecular complexity index is 587. The lowest BCUT2D eigenvalue weighted by molar-refractivity contribution is -0.407. The number of hydrogen-bond donors (Lipinski definition) is 0. The maximum atomic E-state index is 13.6. The highest BCUT2D eigenvalue weighted by molar-refractivity contribution is 5.98. The zero-order chi connectivity index (χ0) is 23.6. The molecule has 0 rings (SSSR count). The number of ketones is 1. The highest BCUT2D eigenvalue weighted by Crippen LogP contribution is 2.61. The molecule has 168 valence electrons. The van der Waals surface area contributed by atoms with E-state index >= 15 is 0 Å². The third kappa shape index (κ3) is 3.22. The quantitative estimate of drug-likeness (QED) is 0.501. The SMILES string of the molecule is O=C(C(F)(C(F)(F)F)C(F)(F)F)C(F)(C(F)(F)F)C(F)(F)C(F)(F)C(F)(F)F. The molecule has 1 nitrogen and oxygen atoms in total. The molecule has 0 aromatic heterocycles. The summed E-state index contributed by atoms with van der Waals surface area (Å²) in [4.78, 5) is 10.8. The predicted octanol–water partition coefficient (Wildman–Crippen LogP) is 5.49. The van der Waals surface area contributed by atoms with E-state index in [0.29, 0.717) is 0 Å². The Morgan fingerprint density at radius 3 is 0.786 bits per heavy atom. The fourth-order valence-electron chi connectivity index (χ4n) is 1.50. The summed E-state index contributed by atoms with van der Waals surface area (Å²) in [5, 5.41) is 0. The molecule has 0 aliphatic carbocycles. The van der Waals surface area contributed by atoms with Crippen molar-refractivity contribution in [3.05, 3.63) is 0 Å². The molecule has 0 aliphatic heterocycles. The van der Waals surface area contributed by atoms with E-state index < -0.39 is 53.7 Å². The van der Waals surface area contributed by atoms with Gasteiger partial charge in [-0.2, -0.15) is 70.2 Å². The summed E-state index contributed by atoms with van der Waals surface area (Å²) in [6.07, 6.45) is -32.3. The van der Waals surface area contributed by atoms with Gasteiger partial charge in [0.25, 0.3) is 0 Å². The van der Waals surface area contributed by atoms with Gasteiger partial charge in [0.1, 0.15) is 0 Å². The molecule has 0 aliphatic rings. The number of alkyl halides is 18. The summed E-state index contributed by atoms with van der Waals surface area (Å²) < 4.78 is 224. The zero-order valence-corrected chi connectivity index (χ0v) is 11.7. The maximum absolute atomic E-state index is 13.6. The van der Waals surface area contributed by atoms with Crippen LogP contribution in [-0.4, -0.2) is 53.7 Å². The van der Waals surface area contributed by atoms with Crippen LogP contribution in [0.2, 0.25) is 0 Å². The molecule has 0 saturated heterocycles. The van der Waals surface area contributed by atoms with Crippen LogP contribution in [0.25, 0.3) is 0 Å². The van der Waals surface area contributed by atoms with Gasteiger partial charge in [0, 0.05) is 0 Å². The average molecular weight is 466 g/mol. The van der Waals surface area contributed by atoms with Crippen LogP contribution in [0.3, 0.4) is 0 Å². The van der Waals surface area contributed by atoms with Crippen molar-refractivity contribution >= 4 is 5.78 Å². The summed E-state index contributed by atoms with van der Waals surface area (Å²) in [6.45, 7) is 0. The lowest BCUT2D eigenvalue weighted by atomic mass is 9.79. The first-order valence-electron chi connectivity index (χ1n) is 5.61. The molecule has 19 heteroatoms. The van der Waals surface area contributed by atoms with Gasteiger partial charge in [0.05, 0.1) is 0 Å². The standard InChI is InChI=1S/C9F18O/c10-2(6(16,17)18,4(12,13)5(14,15)9(25,26)27)1(28)3(11,7(19,20)21)8(22,23)24. The molecular weight excluding hydrogens is 466 g/mol. The van der Waals surface area contributed by atoms with Crippen molar-refractivity contribution in [1.82, 2.24) is 0 Å². The molecule has 0 spiro atoms. The summed E-state index contributed by atoms with van der Waals surface area (Å²) in [7, 11) is 0. The van der Waals surface area contributed by atoms with Crippen molar-refractivity contribution in [2.45, 2.75) is 47.9 Å². The van der Waals surface area contributed by atoms with Gasteiger partial charge in [-0.3, -0.25) is 4.79 Å². The van der Waals surface area contributed by atoms with Gasteiger partial charge in [-0.1, -0.05) is 0 Å². The van der Waals surface area contributed by atoms with Crippen LogP contribution in [0.4, 0.5) is 79.0 Å². The Balaban J connectivity index is 7.26. The molecule has 0 N–H and O–H groups in total. The molecule has 0 saturated carbocycles. The minimum atomic E-state index is -8.71. The molecule has 0 bridgehead atoms. The molecule has 0 amide bonds. The van der Waals surface area contributed by atoms with Gasteiger partial charge in [-0.15, -0.1) is 0 Å². The average Bonchev–Trinajstić information content (AvgIpc) is 2.39. The van der Waals surface area contributed by atoms with Gasteiger partial charge in [-0.05, 0) is 0 Å². The van der Waals surface area contributed by atoms with Crippen molar-refractivity contribution in [1.29, 1.82) is 0 Å². The first kappa shape index (κ1) is 26.4. The van der Waals surface area contributed by atoms with Gasteiger partial charge in [0.15, 0.2) is 0 Å². The van der Waals surface area contributed by atoms with Crippen LogP contribution in [0, 0.1) is 0 Å². The van der Waals surface area contributed by atoms with Crippen LogP contribution >= 0.6 is 0 Å². The first-order chi connectivity index (χ1) is 11.7. The Morgan fingerprint density at radius 1 is 0.357 bits per heavy atom. The van der Waals surface area contributed by atoms with E-state index in [0.717, 1.165) is 0 Å². The Hall–Kier alpha value is -1.59. The molecule has 28 heavy (non-hydrogen) atoms. The topological polar surface area (TPSA) is 17.1 Å². The molecule has 0 fully saturated rings. The van der Waals surface area contributed by atoms with E-state index in [2.05, 4.69) is 0 Å². The highest BCUT2D eigenvalue weighted by atomic mass is 19.4. The molecule has 0 heterocycles. The van der Waals surface area contributed by atoms with E-state index in [-0.39, 0.29) is 0 Å². The summed E-state index contributed by atoms with van der Waals surface area (Å²) in [5.41, 5.74) is -16.9. The second kappa shape index (κ2) is 6.20. The summed E-state index contributed by atoms with van der Waals surface area (Å²) >= 11 is 0. The second-order valence-electron chi connectivity index (χ2n) is 4.79. The Kier molecular flexibility index (Phi) is 5.85. The van der Waals surface area contributed by atoms with Crippen LogP contribution in [0.5, 0.6) is 0 Å². The van der Waals surface area contributed by atoms with Crippen molar-refractivity contribution in [2.24, 2.45) is 0 Å². The first-order valence-corrected chi connectivity index (χ1v) is 5.61. The van der Waals surface area contributed by atoms with Crippen molar-refractivity contribution < 1.29 is 83.8 Å². The third-order valence-corrected chi connectivity index (χ3v) is 2.98. The monoisotopic (exact) mass is 466 g/mol. The lowest BCUT2D eigenvalue weighted by Gasteiger charge is -2.41. The van der Waals surface area contributed by atoms with Crippen molar-refractivity contribution in [3.63, 3.8) is 0 Å². The largest absolute Gasteiger partial charge is 0.460 e. The fraction of sp³-hybridized carbons (Fsp3) is 0.889. The fourth-order valence-corrected chi connectivity index (χ4v) is 1.50. The highest BCUT2D eigenvalue weighted by Gasteiger charge is 2.94. The van der Waals surface area contributed by atoms with E-state index in [1.54, 1.807) is 0 Å². The Labute approximate surface area is 139 Å². The molecular formula is C9F18O. The number of rotatable bonds is 4. The van der Waals surface area contributed by atoms with Crippen molar-refractivity contribution in [3.8, 4) is 0 Å². The normalized spacial score (nSPS) is 18.1. The number of carbonyl (C=O) groups is 1. The Morgan fingerprint density at radius 2 is 0.607 bits per heavy atom. The van der Waals surface area contributed by atoms with Crippen LogP contribution < -0.4 is 0 Å². The minimum Gasteiger partial charge on any atom is -0.291 e. The summed E-state index contributed by atoms with van der Waals surface area (Å²) in [6, 6.07) is 0. The number of hydrogen-bond acceptors (Lipinski definition) is 1. The summed E-state index contributed by atoms with van der Waals surface area (Å²) in [5.74, 6) is -23.1. The number of Topliss-reactive ketones (excluding diaryl/α,β-unsaturated/α-hetero) is 1. The minimum absolute atomic E-state index is 6.03. The van der Waals surface area contributed by atoms with Crippen molar-refractivity contribution in [2.75, 3.05) is 0 Å². The molecule has 0 aromatic carbocycles. The van der Waals surface area contributed by atoms with Crippen LogP contribution in [-0.2, 0) is 4.79 Å². The smallest absolute Gasteiger partial charge is 0.291 e. The van der Waals surface area contributed by atoms with Gasteiger partial charge >= 0.3 is 47.9 Å². The molecule has 1 unspecified atom stereocenters. The van der Waals surface area contributed by atoms with Crippen LogP contribution in [0.1, 0.15) is 0 Å². The van der Waals surface area contributed by atoms with Gasteiger partial charge in [-0.25, -0.2) is 8.78 Å². The van der Waals surface area contributed by atoms with Crippen LogP contribution in [0.15, 0.2) is 0 Å². The number of halogens is 18. The van der Waals surface area contributed by atoms with Gasteiger partial charge < -0.3 is 0 Å².